The van der Waals surface area contributed by atoms with Crippen LogP contribution in [-0.2, 0) is 13.2 Å². The molecule has 2 rings (SSSR count). The van der Waals surface area contributed by atoms with Crippen LogP contribution in [-0.4, -0.2) is 13.2 Å². The molecule has 0 radical (unpaired) electrons. The van der Waals surface area contributed by atoms with Crippen LogP contribution in [0.5, 0.6) is 11.5 Å². The normalized spacial score (nSPS) is 10.6. The number of ether oxygens (including phenoxy) is 2. The summed E-state index contributed by atoms with van der Waals surface area (Å²) >= 11 is 6.33. The van der Waals surface area contributed by atoms with Gasteiger partial charge in [-0.1, -0.05) is 36.7 Å². The van der Waals surface area contributed by atoms with Crippen molar-refractivity contribution in [2.75, 3.05) is 13.2 Å². The molecule has 0 amide bonds. The average Bonchev–Trinajstić information content (AvgIpc) is 2.54. The van der Waals surface area contributed by atoms with Gasteiger partial charge in [-0.2, -0.15) is 0 Å². The number of hydrogen-bond acceptors (Lipinski definition) is 3. The van der Waals surface area contributed by atoms with Gasteiger partial charge in [0.05, 0.1) is 11.6 Å². The lowest BCUT2D eigenvalue weighted by Gasteiger charge is -2.15. The molecule has 0 atom stereocenters. The van der Waals surface area contributed by atoms with Crippen LogP contribution in [0.2, 0.25) is 5.02 Å². The van der Waals surface area contributed by atoms with Crippen LogP contribution in [0.1, 0.15) is 25.0 Å². The van der Waals surface area contributed by atoms with Gasteiger partial charge >= 0.3 is 0 Å². The Morgan fingerprint density at radius 1 is 1.13 bits per heavy atom. The first kappa shape index (κ1) is 17.6. The standard InChI is InChI=1S/C18H21ClFNO2/c1-3-21-11-13-9-15(19)18(17(10-13)22-4-2)23-12-14-7-5-6-8-16(14)20/h5-10,21H,3-4,11-12H2,1-2H3. The smallest absolute Gasteiger partial charge is 0.180 e. The van der Waals surface area contributed by atoms with Crippen molar-refractivity contribution in [3.63, 3.8) is 0 Å². The number of hydrogen-bond donors (Lipinski definition) is 1. The van der Waals surface area contributed by atoms with Gasteiger partial charge in [-0.15, -0.1) is 0 Å². The maximum Gasteiger partial charge on any atom is 0.180 e. The van der Waals surface area contributed by atoms with Crippen molar-refractivity contribution in [3.8, 4) is 11.5 Å². The molecular weight excluding hydrogens is 317 g/mol. The number of rotatable bonds is 8. The largest absolute Gasteiger partial charge is 0.490 e. The molecular formula is C18H21ClFNO2. The molecule has 0 saturated carbocycles. The van der Waals surface area contributed by atoms with Gasteiger partial charge in [0.25, 0.3) is 0 Å². The Morgan fingerprint density at radius 3 is 2.61 bits per heavy atom. The maximum absolute atomic E-state index is 13.7. The van der Waals surface area contributed by atoms with Crippen molar-refractivity contribution < 1.29 is 13.9 Å². The van der Waals surface area contributed by atoms with Crippen LogP contribution in [0, 0.1) is 5.82 Å². The van der Waals surface area contributed by atoms with Gasteiger partial charge in [0, 0.05) is 12.1 Å². The summed E-state index contributed by atoms with van der Waals surface area (Å²) in [4.78, 5) is 0. The summed E-state index contributed by atoms with van der Waals surface area (Å²) in [7, 11) is 0. The van der Waals surface area contributed by atoms with Crippen molar-refractivity contribution >= 4 is 11.6 Å². The van der Waals surface area contributed by atoms with Crippen molar-refractivity contribution in [3.05, 3.63) is 58.4 Å². The molecule has 0 aliphatic heterocycles. The fourth-order valence-corrected chi connectivity index (χ4v) is 2.45. The fourth-order valence-electron chi connectivity index (χ4n) is 2.16. The predicted molar refractivity (Wildman–Crippen MR) is 90.7 cm³/mol. The number of benzene rings is 2. The second-order valence-electron chi connectivity index (χ2n) is 5.00. The van der Waals surface area contributed by atoms with E-state index in [0.717, 1.165) is 12.1 Å². The van der Waals surface area contributed by atoms with Crippen LogP contribution in [0.4, 0.5) is 4.39 Å². The van der Waals surface area contributed by atoms with Crippen LogP contribution in [0.15, 0.2) is 36.4 Å². The fraction of sp³-hybridized carbons (Fsp3) is 0.333. The molecule has 124 valence electrons. The molecule has 0 fully saturated rings. The Hall–Kier alpha value is -1.78. The minimum absolute atomic E-state index is 0.0963. The molecule has 0 saturated heterocycles. The monoisotopic (exact) mass is 337 g/mol. The van der Waals surface area contributed by atoms with Crippen LogP contribution in [0.3, 0.4) is 0 Å². The van der Waals surface area contributed by atoms with E-state index in [0.29, 0.717) is 35.2 Å². The Labute approximate surface area is 141 Å². The molecule has 2 aromatic rings. The number of halogens is 2. The molecule has 0 bridgehead atoms. The molecule has 23 heavy (non-hydrogen) atoms. The van der Waals surface area contributed by atoms with Gasteiger partial charge in [0.15, 0.2) is 11.5 Å². The average molecular weight is 338 g/mol. The summed E-state index contributed by atoms with van der Waals surface area (Å²) in [5, 5.41) is 3.70. The van der Waals surface area contributed by atoms with Gasteiger partial charge in [-0.25, -0.2) is 4.39 Å². The minimum Gasteiger partial charge on any atom is -0.490 e. The van der Waals surface area contributed by atoms with Crippen molar-refractivity contribution in [2.45, 2.75) is 27.0 Å². The Kier molecular flexibility index (Phi) is 6.68. The van der Waals surface area contributed by atoms with E-state index < -0.39 is 0 Å². The second-order valence-corrected chi connectivity index (χ2v) is 5.41. The van der Waals surface area contributed by atoms with Crippen LogP contribution < -0.4 is 14.8 Å². The second kappa shape index (κ2) is 8.75. The van der Waals surface area contributed by atoms with Gasteiger partial charge < -0.3 is 14.8 Å². The molecule has 0 aliphatic rings. The molecule has 0 heterocycles. The third kappa shape index (κ3) is 4.85. The lowest BCUT2D eigenvalue weighted by molar-refractivity contribution is 0.266. The third-order valence-electron chi connectivity index (χ3n) is 3.28. The first-order chi connectivity index (χ1) is 11.2. The minimum atomic E-state index is -0.301. The Morgan fingerprint density at radius 2 is 1.91 bits per heavy atom. The van der Waals surface area contributed by atoms with E-state index in [9.17, 15) is 4.39 Å². The number of nitrogens with one attached hydrogen (secondary N) is 1. The van der Waals surface area contributed by atoms with Crippen molar-refractivity contribution in [2.24, 2.45) is 0 Å². The third-order valence-corrected chi connectivity index (χ3v) is 3.56. The van der Waals surface area contributed by atoms with Gasteiger partial charge in [-0.05, 0) is 37.2 Å². The van der Waals surface area contributed by atoms with E-state index >= 15 is 0 Å². The quantitative estimate of drug-likeness (QED) is 0.765. The molecule has 1 N–H and O–H groups in total. The summed E-state index contributed by atoms with van der Waals surface area (Å²) in [6, 6.07) is 10.2. The van der Waals surface area contributed by atoms with Crippen LogP contribution >= 0.6 is 11.6 Å². The van der Waals surface area contributed by atoms with Crippen molar-refractivity contribution in [1.82, 2.24) is 5.32 Å². The lowest BCUT2D eigenvalue weighted by atomic mass is 10.2. The van der Waals surface area contributed by atoms with Gasteiger partial charge in [-0.3, -0.25) is 0 Å². The van der Waals surface area contributed by atoms with Gasteiger partial charge in [0.2, 0.25) is 0 Å². The maximum atomic E-state index is 13.7. The highest BCUT2D eigenvalue weighted by molar-refractivity contribution is 6.32. The molecule has 2 aromatic carbocycles. The molecule has 0 aromatic heterocycles. The van der Waals surface area contributed by atoms with E-state index in [1.54, 1.807) is 18.2 Å². The van der Waals surface area contributed by atoms with Crippen LogP contribution in [0.25, 0.3) is 0 Å². The highest BCUT2D eigenvalue weighted by Crippen LogP contribution is 2.37. The van der Waals surface area contributed by atoms with E-state index in [4.69, 9.17) is 21.1 Å². The zero-order chi connectivity index (χ0) is 16.7. The summed E-state index contributed by atoms with van der Waals surface area (Å²) < 4.78 is 25.0. The molecule has 5 heteroatoms. The highest BCUT2D eigenvalue weighted by atomic mass is 35.5. The van der Waals surface area contributed by atoms with Gasteiger partial charge in [0.1, 0.15) is 12.4 Å². The Balaban J connectivity index is 2.20. The molecule has 0 unspecified atom stereocenters. The van der Waals surface area contributed by atoms with Crippen molar-refractivity contribution in [1.29, 1.82) is 0 Å². The Bertz CT molecular complexity index is 649. The molecule has 0 spiro atoms. The van der Waals surface area contributed by atoms with E-state index in [-0.39, 0.29) is 12.4 Å². The zero-order valence-electron chi connectivity index (χ0n) is 13.4. The summed E-state index contributed by atoms with van der Waals surface area (Å²) in [5.74, 6) is 0.714. The molecule has 3 nitrogen and oxygen atoms in total. The first-order valence-corrected chi connectivity index (χ1v) is 8.05. The topological polar surface area (TPSA) is 30.5 Å². The summed E-state index contributed by atoms with van der Waals surface area (Å²) in [6.07, 6.45) is 0. The van der Waals surface area contributed by atoms with E-state index in [1.165, 1.54) is 6.07 Å². The summed E-state index contributed by atoms with van der Waals surface area (Å²) in [6.45, 7) is 6.09. The van der Waals surface area contributed by atoms with E-state index in [2.05, 4.69) is 5.32 Å². The molecule has 0 aliphatic carbocycles. The zero-order valence-corrected chi connectivity index (χ0v) is 14.1. The first-order valence-electron chi connectivity index (χ1n) is 7.67. The summed E-state index contributed by atoms with van der Waals surface area (Å²) in [5.41, 5.74) is 1.49. The SMILES string of the molecule is CCNCc1cc(Cl)c(OCc2ccccc2F)c(OCC)c1. The highest BCUT2D eigenvalue weighted by Gasteiger charge is 2.13. The predicted octanol–water partition coefficient (Wildman–Crippen LogP) is 4.57. The lowest BCUT2D eigenvalue weighted by Crippen LogP contribution is -2.12. The van der Waals surface area contributed by atoms with E-state index in [1.807, 2.05) is 26.0 Å².